The Kier molecular flexibility index (Phi) is 9.16. The van der Waals surface area contributed by atoms with Crippen molar-refractivity contribution >= 4 is 28.3 Å². The number of aromatic nitrogens is 2. The molecule has 4 aliphatic heterocycles. The first kappa shape index (κ1) is 35.8. The minimum absolute atomic E-state index is 0.00226. The number of piperidine rings is 1. The molecule has 0 spiro atoms. The van der Waals surface area contributed by atoms with E-state index in [1.807, 2.05) is 4.90 Å². The number of aliphatic hydroxyl groups is 1. The van der Waals surface area contributed by atoms with Crippen molar-refractivity contribution in [1.82, 2.24) is 20.2 Å². The van der Waals surface area contributed by atoms with E-state index in [-0.39, 0.29) is 68.7 Å². The first-order valence-corrected chi connectivity index (χ1v) is 18.5. The minimum atomic E-state index is -1.27. The predicted molar refractivity (Wildman–Crippen MR) is 195 cm³/mol. The fraction of sp³-hybridized carbons (Fsp3) is 0.550. The lowest BCUT2D eigenvalue weighted by Gasteiger charge is -2.50. The Morgan fingerprint density at radius 3 is 2.66 bits per heavy atom. The van der Waals surface area contributed by atoms with Crippen molar-refractivity contribution < 1.29 is 37.9 Å². The second-order valence-electron chi connectivity index (χ2n) is 16.1. The van der Waals surface area contributed by atoms with Crippen LogP contribution in [-0.4, -0.2) is 103 Å². The lowest BCUT2D eigenvalue weighted by atomic mass is 9.74. The van der Waals surface area contributed by atoms with Crippen LogP contribution in [0.15, 0.2) is 24.3 Å². The SMILES string of the molecule is C#Cc1c(F)ccc2cc(O)cc(C3NC(OC)=c4c(N5CCOC[C@@](C)(O)C5)nc(OC[C@]56CCCC5N(CC5(C)COC5)CCC6)nc4=C3F)c12. The zero-order chi connectivity index (χ0) is 37.1. The zero-order valence-corrected chi connectivity index (χ0v) is 30.5. The highest BCUT2D eigenvalue weighted by atomic mass is 19.1. The van der Waals surface area contributed by atoms with Gasteiger partial charge in [0.05, 0.1) is 52.3 Å². The number of nitrogens with zero attached hydrogens (tertiary/aromatic N) is 4. The van der Waals surface area contributed by atoms with Gasteiger partial charge in [0, 0.05) is 35.3 Å². The number of hydrogen-bond acceptors (Lipinski definition) is 11. The lowest BCUT2D eigenvalue weighted by Crippen LogP contribution is -2.57. The molecule has 8 rings (SSSR count). The van der Waals surface area contributed by atoms with Crippen molar-refractivity contribution in [2.75, 3.05) is 71.2 Å². The van der Waals surface area contributed by atoms with Crippen LogP contribution in [-0.2, 0) is 14.2 Å². The molecule has 13 heteroatoms. The molecule has 1 saturated carbocycles. The molecule has 0 amide bonds. The average molecular weight is 732 g/mol. The number of methoxy groups -OCH3 is 1. The highest BCUT2D eigenvalue weighted by Gasteiger charge is 2.50. The van der Waals surface area contributed by atoms with Crippen molar-refractivity contribution in [3.63, 3.8) is 0 Å². The van der Waals surface area contributed by atoms with E-state index in [0.29, 0.717) is 37.0 Å². The summed E-state index contributed by atoms with van der Waals surface area (Å²) in [6, 6.07) is 4.62. The van der Waals surface area contributed by atoms with Gasteiger partial charge in [0.2, 0.25) is 5.88 Å². The van der Waals surface area contributed by atoms with Crippen LogP contribution in [0.3, 0.4) is 0 Å². The van der Waals surface area contributed by atoms with Gasteiger partial charge in [-0.3, -0.25) is 4.90 Å². The standard InChI is InChI=1S/C40H47F2N5O6/c1-5-26-28(41)10-9-24-16-25(48)17-27(30(24)26)33-32(42)34-31(36(43-33)50-4)35(47-14-15-51-22-39(3,49)19-47)45-37(44-34)53-23-40-11-6-8-29(40)46(13-7-12-40)18-38(2)20-52-21-38/h1,9-10,16-17,29,33,43,48-49H,6-8,11-15,18-23H2,2-4H3/t29?,33?,39-,40+/m0/s1. The zero-order valence-electron chi connectivity index (χ0n) is 30.5. The molecule has 11 nitrogen and oxygen atoms in total. The van der Waals surface area contributed by atoms with E-state index in [1.54, 1.807) is 6.92 Å². The summed E-state index contributed by atoms with van der Waals surface area (Å²) in [5.74, 6) is 1.36. The van der Waals surface area contributed by atoms with Crippen LogP contribution in [0.5, 0.6) is 11.8 Å². The highest BCUT2D eigenvalue weighted by molar-refractivity contribution is 5.94. The van der Waals surface area contributed by atoms with Gasteiger partial charge >= 0.3 is 6.01 Å². The summed E-state index contributed by atoms with van der Waals surface area (Å²) >= 11 is 0. The van der Waals surface area contributed by atoms with Gasteiger partial charge in [0.15, 0.2) is 5.83 Å². The number of rotatable bonds is 8. The Labute approximate surface area is 307 Å². The van der Waals surface area contributed by atoms with Crippen LogP contribution in [0.1, 0.15) is 63.1 Å². The molecule has 4 atom stereocenters. The van der Waals surface area contributed by atoms with Crippen LogP contribution in [0.4, 0.5) is 14.6 Å². The quantitative estimate of drug-likeness (QED) is 0.297. The van der Waals surface area contributed by atoms with E-state index in [4.69, 9.17) is 35.3 Å². The molecule has 2 aromatic carbocycles. The van der Waals surface area contributed by atoms with Gasteiger partial charge in [-0.2, -0.15) is 9.97 Å². The van der Waals surface area contributed by atoms with Gasteiger partial charge in [0.1, 0.15) is 39.6 Å². The lowest BCUT2D eigenvalue weighted by molar-refractivity contribution is -0.130. The molecule has 0 radical (unpaired) electrons. The van der Waals surface area contributed by atoms with Crippen molar-refractivity contribution in [3.05, 3.63) is 51.8 Å². The number of ether oxygens (including phenoxy) is 4. The summed E-state index contributed by atoms with van der Waals surface area (Å²) in [6.45, 7) is 8.81. The fourth-order valence-corrected chi connectivity index (χ4v) is 9.33. The number of likely N-dealkylation sites (tertiary alicyclic amines) is 1. The second-order valence-corrected chi connectivity index (χ2v) is 16.1. The van der Waals surface area contributed by atoms with E-state index < -0.39 is 23.3 Å². The third-order valence-corrected chi connectivity index (χ3v) is 11.7. The Bertz CT molecular complexity index is 2100. The van der Waals surface area contributed by atoms with Crippen molar-refractivity contribution in [1.29, 1.82) is 0 Å². The summed E-state index contributed by atoms with van der Waals surface area (Å²) in [6.07, 6.45) is 11.0. The number of halogens is 2. The van der Waals surface area contributed by atoms with Crippen molar-refractivity contribution in [3.8, 4) is 24.1 Å². The smallest absolute Gasteiger partial charge is 0.319 e. The van der Waals surface area contributed by atoms with Crippen molar-refractivity contribution in [2.45, 2.75) is 63.6 Å². The number of hydrogen-bond donors (Lipinski definition) is 3. The largest absolute Gasteiger partial charge is 0.508 e. The first-order valence-electron chi connectivity index (χ1n) is 18.5. The average Bonchev–Trinajstić information content (AvgIpc) is 3.47. The van der Waals surface area contributed by atoms with Gasteiger partial charge < -0.3 is 39.4 Å². The Morgan fingerprint density at radius 1 is 1.09 bits per heavy atom. The highest BCUT2D eigenvalue weighted by Crippen LogP contribution is 2.49. The van der Waals surface area contributed by atoms with Crippen LogP contribution >= 0.6 is 0 Å². The molecule has 282 valence electrons. The number of benzene rings is 2. The van der Waals surface area contributed by atoms with Gasteiger partial charge in [-0.05, 0) is 68.3 Å². The monoisotopic (exact) mass is 731 g/mol. The maximum absolute atomic E-state index is 17.4. The summed E-state index contributed by atoms with van der Waals surface area (Å²) in [5.41, 5.74) is -1.02. The molecular weight excluding hydrogens is 684 g/mol. The Morgan fingerprint density at radius 2 is 1.91 bits per heavy atom. The summed E-state index contributed by atoms with van der Waals surface area (Å²) in [5, 5.41) is 25.9. The van der Waals surface area contributed by atoms with E-state index in [0.717, 1.165) is 58.4 Å². The van der Waals surface area contributed by atoms with Crippen LogP contribution < -0.4 is 25.5 Å². The number of anilines is 1. The van der Waals surface area contributed by atoms with E-state index >= 15 is 8.78 Å². The third kappa shape index (κ3) is 6.43. The van der Waals surface area contributed by atoms with Crippen LogP contribution in [0.25, 0.3) is 22.5 Å². The molecule has 2 unspecified atom stereocenters. The van der Waals surface area contributed by atoms with Crippen LogP contribution in [0, 0.1) is 29.0 Å². The molecule has 1 aromatic heterocycles. The number of β-amino-alcohol motifs (C(OH)–C–C–N with tert-alkyl or cyclic N) is 1. The van der Waals surface area contributed by atoms with Gasteiger partial charge in [-0.15, -0.1) is 6.42 Å². The predicted octanol–water partition coefficient (Wildman–Crippen LogP) is 3.23. The minimum Gasteiger partial charge on any atom is -0.508 e. The normalized spacial score (nSPS) is 28.4. The molecule has 3 saturated heterocycles. The molecule has 5 heterocycles. The van der Waals surface area contributed by atoms with Crippen molar-refractivity contribution in [2.24, 2.45) is 10.8 Å². The Balaban J connectivity index is 1.25. The van der Waals surface area contributed by atoms with Gasteiger partial charge in [-0.1, -0.05) is 25.3 Å². The molecule has 3 aromatic rings. The van der Waals surface area contributed by atoms with Gasteiger partial charge in [-0.25, -0.2) is 8.78 Å². The number of nitrogens with one attached hydrogen (secondary N) is 1. The molecule has 53 heavy (non-hydrogen) atoms. The molecule has 3 N–H and O–H groups in total. The first-order chi connectivity index (χ1) is 25.4. The van der Waals surface area contributed by atoms with E-state index in [9.17, 15) is 10.2 Å². The topological polar surface area (TPSA) is 122 Å². The van der Waals surface area contributed by atoms with Crippen LogP contribution in [0.2, 0.25) is 0 Å². The van der Waals surface area contributed by atoms with E-state index in [1.165, 1.54) is 31.4 Å². The molecule has 0 bridgehead atoms. The Hall–Kier alpha value is -4.22. The maximum Gasteiger partial charge on any atom is 0.319 e. The number of terminal acetylenes is 1. The number of aromatic hydroxyl groups is 1. The number of phenolic OH excluding ortho intramolecular Hbond substituents is 1. The van der Waals surface area contributed by atoms with E-state index in [2.05, 4.69) is 23.1 Å². The second kappa shape index (κ2) is 13.6. The molecule has 1 aliphatic carbocycles. The van der Waals surface area contributed by atoms with Gasteiger partial charge in [0.25, 0.3) is 0 Å². The molecular formula is C40H47F2N5O6. The summed E-state index contributed by atoms with van der Waals surface area (Å²) < 4.78 is 56.2. The summed E-state index contributed by atoms with van der Waals surface area (Å²) in [7, 11) is 1.44. The maximum atomic E-state index is 17.4. The molecule has 5 aliphatic rings. The molecule has 4 fully saturated rings. The fourth-order valence-electron chi connectivity index (χ4n) is 9.33. The summed E-state index contributed by atoms with van der Waals surface area (Å²) in [4.78, 5) is 14.1. The third-order valence-electron chi connectivity index (χ3n) is 11.7. The number of fused-ring (bicyclic) bond motifs is 3. The number of phenols is 1.